The van der Waals surface area contributed by atoms with Crippen molar-refractivity contribution in [2.75, 3.05) is 12.3 Å². The van der Waals surface area contributed by atoms with Crippen LogP contribution in [0.2, 0.25) is 5.02 Å². The highest BCUT2D eigenvalue weighted by atomic mass is 35.5. The van der Waals surface area contributed by atoms with E-state index in [1.165, 1.54) is 11.8 Å². The van der Waals surface area contributed by atoms with Crippen molar-refractivity contribution >= 4 is 46.0 Å². The van der Waals surface area contributed by atoms with E-state index in [2.05, 4.69) is 22.1 Å². The number of nitrogens with one attached hydrogen (secondary N) is 1. The molecule has 2 aromatic carbocycles. The third-order valence-electron chi connectivity index (χ3n) is 5.38. The number of fused-ring (bicyclic) bond motifs is 1. The standard InChI is InChI=1S/C25H24ClN5O2S/c1-3-14-31-23(12-13-27-24(33)17-8-10-18(26)11-9-17)28-29-25(31)34-16-22(32)20-15-30(2)21-7-5-4-6-19(20)21/h3-11,15H,1,12-14,16H2,2H3,(H,27,33). The molecule has 1 N–H and O–H groups in total. The van der Waals surface area contributed by atoms with Gasteiger partial charge < -0.3 is 14.5 Å². The number of hydrogen-bond donors (Lipinski definition) is 1. The average Bonchev–Trinajstić information content (AvgIpc) is 3.39. The van der Waals surface area contributed by atoms with Crippen molar-refractivity contribution in [1.29, 1.82) is 0 Å². The molecule has 0 unspecified atom stereocenters. The topological polar surface area (TPSA) is 81.8 Å². The maximum absolute atomic E-state index is 13.0. The van der Waals surface area contributed by atoms with E-state index in [1.54, 1.807) is 30.3 Å². The molecule has 0 aliphatic rings. The number of Topliss-reactive ketones (excluding diaryl/α,β-unsaturated/α-hetero) is 1. The largest absolute Gasteiger partial charge is 0.352 e. The summed E-state index contributed by atoms with van der Waals surface area (Å²) in [5, 5.41) is 13.6. The predicted octanol–water partition coefficient (Wildman–Crippen LogP) is 4.56. The number of nitrogens with zero attached hydrogens (tertiary/aromatic N) is 4. The fraction of sp³-hybridized carbons (Fsp3) is 0.200. The summed E-state index contributed by atoms with van der Waals surface area (Å²) >= 11 is 7.22. The van der Waals surface area contributed by atoms with Crippen LogP contribution in [0.3, 0.4) is 0 Å². The molecule has 1 amide bonds. The molecule has 2 heterocycles. The van der Waals surface area contributed by atoms with Crippen molar-refractivity contribution in [3.05, 3.63) is 89.4 Å². The molecule has 0 aliphatic carbocycles. The molecule has 9 heteroatoms. The molecule has 4 aromatic rings. The van der Waals surface area contributed by atoms with E-state index in [1.807, 2.05) is 46.6 Å². The molecular formula is C25H24ClN5O2S. The number of carbonyl (C=O) groups excluding carboxylic acids is 2. The number of hydrogen-bond acceptors (Lipinski definition) is 5. The van der Waals surface area contributed by atoms with Crippen molar-refractivity contribution in [1.82, 2.24) is 24.6 Å². The monoisotopic (exact) mass is 493 g/mol. The summed E-state index contributed by atoms with van der Waals surface area (Å²) in [6.07, 6.45) is 4.13. The number of allylic oxidation sites excluding steroid dienone is 1. The van der Waals surface area contributed by atoms with E-state index in [0.717, 1.165) is 16.7 Å². The molecular weight excluding hydrogens is 470 g/mol. The lowest BCUT2D eigenvalue weighted by molar-refractivity contribution is 0.0953. The van der Waals surface area contributed by atoms with Crippen molar-refractivity contribution in [3.63, 3.8) is 0 Å². The SMILES string of the molecule is C=CCn1c(CCNC(=O)c2ccc(Cl)cc2)nnc1SCC(=O)c1cn(C)c2ccccc12. The minimum absolute atomic E-state index is 0.0340. The minimum Gasteiger partial charge on any atom is -0.352 e. The molecule has 0 saturated heterocycles. The van der Waals surface area contributed by atoms with Gasteiger partial charge in [-0.25, -0.2) is 0 Å². The summed E-state index contributed by atoms with van der Waals surface area (Å²) in [5.41, 5.74) is 2.26. The fourth-order valence-electron chi connectivity index (χ4n) is 3.69. The molecule has 0 spiro atoms. The highest BCUT2D eigenvalue weighted by Crippen LogP contribution is 2.24. The van der Waals surface area contributed by atoms with Gasteiger partial charge in [0.15, 0.2) is 10.9 Å². The van der Waals surface area contributed by atoms with Crippen LogP contribution in [0.4, 0.5) is 0 Å². The fourth-order valence-corrected chi connectivity index (χ4v) is 4.66. The Bertz CT molecular complexity index is 1340. The van der Waals surface area contributed by atoms with Crippen LogP contribution in [0.25, 0.3) is 10.9 Å². The first-order valence-corrected chi connectivity index (χ1v) is 12.1. The minimum atomic E-state index is -0.179. The van der Waals surface area contributed by atoms with Gasteiger partial charge in [0, 0.05) is 59.8 Å². The van der Waals surface area contributed by atoms with Crippen LogP contribution in [0, 0.1) is 0 Å². The Labute approximate surface area is 206 Å². The van der Waals surface area contributed by atoms with Gasteiger partial charge in [-0.1, -0.05) is 47.6 Å². The zero-order valence-corrected chi connectivity index (χ0v) is 20.3. The predicted molar refractivity (Wildman–Crippen MR) is 136 cm³/mol. The quantitative estimate of drug-likeness (QED) is 0.199. The first-order chi connectivity index (χ1) is 16.5. The van der Waals surface area contributed by atoms with Gasteiger partial charge in [0.1, 0.15) is 5.82 Å². The Kier molecular flexibility index (Phi) is 7.49. The van der Waals surface area contributed by atoms with Gasteiger partial charge >= 0.3 is 0 Å². The second kappa shape index (κ2) is 10.7. The second-order valence-electron chi connectivity index (χ2n) is 7.69. The second-order valence-corrected chi connectivity index (χ2v) is 9.07. The van der Waals surface area contributed by atoms with Crippen LogP contribution in [-0.4, -0.2) is 43.3 Å². The number of rotatable bonds is 10. The lowest BCUT2D eigenvalue weighted by Gasteiger charge is -2.08. The maximum Gasteiger partial charge on any atom is 0.251 e. The Morgan fingerprint density at radius 1 is 1.15 bits per heavy atom. The summed E-state index contributed by atoms with van der Waals surface area (Å²) in [4.78, 5) is 25.3. The average molecular weight is 494 g/mol. The summed E-state index contributed by atoms with van der Waals surface area (Å²) in [6, 6.07) is 14.6. The van der Waals surface area contributed by atoms with Crippen LogP contribution >= 0.6 is 23.4 Å². The van der Waals surface area contributed by atoms with Crippen LogP contribution in [0.5, 0.6) is 0 Å². The zero-order valence-electron chi connectivity index (χ0n) is 18.7. The van der Waals surface area contributed by atoms with Crippen LogP contribution in [0.1, 0.15) is 26.5 Å². The van der Waals surface area contributed by atoms with Crippen LogP contribution in [0.15, 0.2) is 72.5 Å². The molecule has 0 fully saturated rings. The first-order valence-electron chi connectivity index (χ1n) is 10.7. The third-order valence-corrected chi connectivity index (χ3v) is 6.59. The van der Waals surface area contributed by atoms with Crippen molar-refractivity contribution in [2.45, 2.75) is 18.1 Å². The number of aryl methyl sites for hydroxylation is 1. The smallest absolute Gasteiger partial charge is 0.251 e. The van der Waals surface area contributed by atoms with E-state index in [-0.39, 0.29) is 17.4 Å². The number of para-hydroxylation sites is 1. The molecule has 0 saturated carbocycles. The highest BCUT2D eigenvalue weighted by Gasteiger charge is 2.17. The third kappa shape index (κ3) is 5.24. The molecule has 0 atom stereocenters. The summed E-state index contributed by atoms with van der Waals surface area (Å²) in [7, 11) is 1.94. The zero-order chi connectivity index (χ0) is 24.1. The summed E-state index contributed by atoms with van der Waals surface area (Å²) in [6.45, 7) is 4.73. The van der Waals surface area contributed by atoms with Crippen LogP contribution < -0.4 is 5.32 Å². The number of amides is 1. The highest BCUT2D eigenvalue weighted by molar-refractivity contribution is 7.99. The molecule has 0 aliphatic heterocycles. The van der Waals surface area contributed by atoms with Gasteiger partial charge in [-0.15, -0.1) is 16.8 Å². The molecule has 0 radical (unpaired) electrons. The maximum atomic E-state index is 13.0. The molecule has 174 valence electrons. The van der Waals surface area contributed by atoms with Crippen molar-refractivity contribution in [3.8, 4) is 0 Å². The van der Waals surface area contributed by atoms with Gasteiger partial charge in [0.25, 0.3) is 5.91 Å². The van der Waals surface area contributed by atoms with E-state index in [4.69, 9.17) is 11.6 Å². The Morgan fingerprint density at radius 3 is 2.68 bits per heavy atom. The summed E-state index contributed by atoms with van der Waals surface area (Å²) in [5.74, 6) is 0.821. The lowest BCUT2D eigenvalue weighted by Crippen LogP contribution is -2.26. The number of ketones is 1. The van der Waals surface area contributed by atoms with E-state index < -0.39 is 0 Å². The van der Waals surface area contributed by atoms with Gasteiger partial charge in [-0.3, -0.25) is 9.59 Å². The van der Waals surface area contributed by atoms with Gasteiger partial charge in [0.2, 0.25) is 0 Å². The van der Waals surface area contributed by atoms with E-state index in [9.17, 15) is 9.59 Å². The Balaban J connectivity index is 1.39. The van der Waals surface area contributed by atoms with E-state index >= 15 is 0 Å². The summed E-state index contributed by atoms with van der Waals surface area (Å²) < 4.78 is 3.88. The molecule has 0 bridgehead atoms. The number of carbonyl (C=O) groups is 2. The molecule has 4 rings (SSSR count). The first kappa shape index (κ1) is 23.8. The Morgan fingerprint density at radius 2 is 1.91 bits per heavy atom. The molecule has 7 nitrogen and oxygen atoms in total. The number of benzene rings is 2. The van der Waals surface area contributed by atoms with Crippen LogP contribution in [-0.2, 0) is 20.0 Å². The van der Waals surface area contributed by atoms with Gasteiger partial charge in [0.05, 0.1) is 5.75 Å². The Hall–Kier alpha value is -3.36. The van der Waals surface area contributed by atoms with Gasteiger partial charge in [-0.2, -0.15) is 0 Å². The van der Waals surface area contributed by atoms with Gasteiger partial charge in [-0.05, 0) is 30.3 Å². The van der Waals surface area contributed by atoms with Crippen molar-refractivity contribution < 1.29 is 9.59 Å². The molecule has 34 heavy (non-hydrogen) atoms. The number of thioether (sulfide) groups is 1. The van der Waals surface area contributed by atoms with Crippen molar-refractivity contribution in [2.24, 2.45) is 7.05 Å². The number of halogens is 1. The van der Waals surface area contributed by atoms with E-state index in [0.29, 0.717) is 40.8 Å². The lowest BCUT2D eigenvalue weighted by atomic mass is 10.1. The number of aromatic nitrogens is 4. The normalized spacial score (nSPS) is 11.0. The molecule has 2 aromatic heterocycles.